The second-order valence-electron chi connectivity index (χ2n) is 1.60. The molecule has 4 heteroatoms. The summed E-state index contributed by atoms with van der Waals surface area (Å²) in [5.74, 6) is 0. The van der Waals surface area contributed by atoms with Gasteiger partial charge in [0.05, 0.1) is 13.1 Å². The van der Waals surface area contributed by atoms with Crippen LogP contribution in [-0.4, -0.2) is 30.7 Å². The zero-order chi connectivity index (χ0) is 7.98. The fraction of sp³-hybridized carbons (Fsp3) is 0.500. The van der Waals surface area contributed by atoms with Gasteiger partial charge in [-0.3, -0.25) is 4.90 Å². The minimum absolute atomic E-state index is 0.124. The van der Waals surface area contributed by atoms with Crippen molar-refractivity contribution < 1.29 is 9.53 Å². The van der Waals surface area contributed by atoms with Crippen LogP contribution in [-0.2, 0) is 4.74 Å². The van der Waals surface area contributed by atoms with Crippen molar-refractivity contribution in [2.45, 2.75) is 0 Å². The number of carbonyl (C=O) groups excluding carboxylic acids is 1. The maximum atomic E-state index is 10.7. The summed E-state index contributed by atoms with van der Waals surface area (Å²) < 4.78 is 4.41. The van der Waals surface area contributed by atoms with Crippen molar-refractivity contribution in [1.29, 1.82) is 0 Å². The molecule has 3 nitrogen and oxygen atoms in total. The van der Waals surface area contributed by atoms with E-state index in [9.17, 15) is 4.79 Å². The zero-order valence-corrected chi connectivity index (χ0v) is 6.60. The number of halogens is 1. The molecule has 0 aliphatic rings. The lowest BCUT2D eigenvalue weighted by molar-refractivity contribution is 0.135. The molecule has 0 heterocycles. The summed E-state index contributed by atoms with van der Waals surface area (Å²) in [5, 5.41) is 0. The Bertz CT molecular complexity index is 127. The number of rotatable bonds is 3. The minimum atomic E-state index is -0.435. The van der Waals surface area contributed by atoms with Crippen LogP contribution in [0, 0.1) is 0 Å². The molecule has 58 valence electrons. The Kier molecular flexibility index (Phi) is 4.76. The first-order chi connectivity index (χ1) is 4.76. The number of methoxy groups -OCH3 is 1. The van der Waals surface area contributed by atoms with Gasteiger partial charge in [0.15, 0.2) is 0 Å². The summed E-state index contributed by atoms with van der Waals surface area (Å²) in [6.07, 6.45) is 1.15. The van der Waals surface area contributed by atoms with Crippen LogP contribution in [0.2, 0.25) is 0 Å². The highest BCUT2D eigenvalue weighted by Gasteiger charge is 2.08. The fourth-order valence-electron chi connectivity index (χ4n) is 0.457. The van der Waals surface area contributed by atoms with Gasteiger partial charge >= 0.3 is 6.09 Å². The van der Waals surface area contributed by atoms with E-state index in [1.165, 1.54) is 12.0 Å². The molecule has 0 radical (unpaired) electrons. The fourth-order valence-corrected chi connectivity index (χ4v) is 0.652. The maximum absolute atomic E-state index is 10.7. The van der Waals surface area contributed by atoms with Crippen LogP contribution in [0.25, 0.3) is 0 Å². The molecule has 0 atom stereocenters. The summed E-state index contributed by atoms with van der Waals surface area (Å²) in [7, 11) is 1.31. The molecule has 0 aromatic carbocycles. The molecular formula is C6H10ClNO2. The first-order valence-corrected chi connectivity index (χ1v) is 3.29. The Labute approximate surface area is 65.2 Å². The summed E-state index contributed by atoms with van der Waals surface area (Å²) in [4.78, 5) is 12.0. The van der Waals surface area contributed by atoms with Gasteiger partial charge in [-0.1, -0.05) is 6.08 Å². The molecule has 0 N–H and O–H groups in total. The number of alkyl halides is 1. The third-order valence-corrected chi connectivity index (χ3v) is 1.22. The van der Waals surface area contributed by atoms with Gasteiger partial charge in [-0.15, -0.1) is 18.2 Å². The van der Waals surface area contributed by atoms with Crippen molar-refractivity contribution in [3.8, 4) is 0 Å². The van der Waals surface area contributed by atoms with E-state index >= 15 is 0 Å². The van der Waals surface area contributed by atoms with Crippen molar-refractivity contribution in [3.05, 3.63) is 12.7 Å². The number of nitrogens with zero attached hydrogens (tertiary/aromatic N) is 1. The van der Waals surface area contributed by atoms with E-state index in [1.54, 1.807) is 6.08 Å². The molecule has 0 spiro atoms. The van der Waals surface area contributed by atoms with E-state index in [4.69, 9.17) is 11.6 Å². The maximum Gasteiger partial charge on any atom is 0.410 e. The zero-order valence-electron chi connectivity index (χ0n) is 5.84. The highest BCUT2D eigenvalue weighted by atomic mass is 35.5. The molecule has 0 saturated carbocycles. The van der Waals surface area contributed by atoms with Crippen LogP contribution in [0.5, 0.6) is 0 Å². The lowest BCUT2D eigenvalue weighted by atomic mass is 10.6. The van der Waals surface area contributed by atoms with Crippen LogP contribution in [0.4, 0.5) is 4.79 Å². The van der Waals surface area contributed by atoms with Crippen molar-refractivity contribution in [2.24, 2.45) is 0 Å². The molecule has 0 rings (SSSR count). The van der Waals surface area contributed by atoms with E-state index in [-0.39, 0.29) is 6.00 Å². The van der Waals surface area contributed by atoms with E-state index in [0.717, 1.165) is 0 Å². The van der Waals surface area contributed by atoms with E-state index in [0.29, 0.717) is 6.54 Å². The van der Waals surface area contributed by atoms with Gasteiger partial charge in [-0.2, -0.15) is 0 Å². The Morgan fingerprint density at radius 2 is 2.50 bits per heavy atom. The van der Waals surface area contributed by atoms with Gasteiger partial charge in [-0.05, 0) is 0 Å². The van der Waals surface area contributed by atoms with Gasteiger partial charge in [0.25, 0.3) is 0 Å². The van der Waals surface area contributed by atoms with Crippen LogP contribution in [0.1, 0.15) is 0 Å². The van der Waals surface area contributed by atoms with Crippen LogP contribution in [0.3, 0.4) is 0 Å². The molecule has 0 bridgehead atoms. The summed E-state index contributed by atoms with van der Waals surface area (Å²) in [5.41, 5.74) is 0. The molecule has 1 amide bonds. The highest BCUT2D eigenvalue weighted by molar-refractivity contribution is 6.18. The second-order valence-corrected chi connectivity index (χ2v) is 1.84. The quantitative estimate of drug-likeness (QED) is 0.358. The van der Waals surface area contributed by atoms with Gasteiger partial charge < -0.3 is 4.74 Å². The van der Waals surface area contributed by atoms with Crippen LogP contribution in [0.15, 0.2) is 12.7 Å². The third kappa shape index (κ3) is 2.73. The van der Waals surface area contributed by atoms with E-state index in [2.05, 4.69) is 11.3 Å². The number of hydrogen-bond donors (Lipinski definition) is 0. The molecule has 0 aliphatic heterocycles. The molecular weight excluding hydrogens is 154 g/mol. The average molecular weight is 164 g/mol. The van der Waals surface area contributed by atoms with Crippen molar-refractivity contribution in [3.63, 3.8) is 0 Å². The highest BCUT2D eigenvalue weighted by Crippen LogP contribution is 1.94. The van der Waals surface area contributed by atoms with Crippen molar-refractivity contribution in [1.82, 2.24) is 4.90 Å². The molecule has 0 aliphatic carbocycles. The van der Waals surface area contributed by atoms with E-state index < -0.39 is 6.09 Å². The smallest absolute Gasteiger partial charge is 0.410 e. The third-order valence-electron chi connectivity index (χ3n) is 0.927. The van der Waals surface area contributed by atoms with Gasteiger partial charge in [0, 0.05) is 6.54 Å². The van der Waals surface area contributed by atoms with Crippen LogP contribution >= 0.6 is 11.6 Å². The molecule has 0 saturated heterocycles. The Balaban J connectivity index is 3.79. The first kappa shape index (κ1) is 9.30. The van der Waals surface area contributed by atoms with Crippen LogP contribution < -0.4 is 0 Å². The monoisotopic (exact) mass is 163 g/mol. The molecule has 0 fully saturated rings. The Morgan fingerprint density at radius 1 is 1.90 bits per heavy atom. The van der Waals surface area contributed by atoms with Gasteiger partial charge in [0.2, 0.25) is 0 Å². The molecule has 0 unspecified atom stereocenters. The predicted octanol–water partition coefficient (Wildman–Crippen LogP) is 1.44. The van der Waals surface area contributed by atoms with E-state index in [1.807, 2.05) is 0 Å². The summed E-state index contributed by atoms with van der Waals surface area (Å²) in [6.45, 7) is 3.87. The summed E-state index contributed by atoms with van der Waals surface area (Å²) in [6, 6.07) is 0.124. The number of amides is 1. The Hall–Kier alpha value is -0.700. The largest absolute Gasteiger partial charge is 0.453 e. The SMILES string of the molecule is C=CCN(CCl)C(=O)OC. The number of hydrogen-bond acceptors (Lipinski definition) is 2. The number of carbonyl (C=O) groups is 1. The summed E-state index contributed by atoms with van der Waals surface area (Å²) >= 11 is 5.40. The lowest BCUT2D eigenvalue weighted by Gasteiger charge is -2.14. The lowest BCUT2D eigenvalue weighted by Crippen LogP contribution is -2.29. The molecule has 0 aromatic rings. The predicted molar refractivity (Wildman–Crippen MR) is 40.0 cm³/mol. The van der Waals surface area contributed by atoms with Crippen molar-refractivity contribution >= 4 is 17.7 Å². The normalized spacial score (nSPS) is 8.60. The first-order valence-electron chi connectivity index (χ1n) is 2.76. The molecule has 0 aromatic heterocycles. The topological polar surface area (TPSA) is 29.5 Å². The Morgan fingerprint density at radius 3 is 2.80 bits per heavy atom. The number of ether oxygens (including phenoxy) is 1. The van der Waals surface area contributed by atoms with Crippen molar-refractivity contribution in [2.75, 3.05) is 19.7 Å². The molecule has 10 heavy (non-hydrogen) atoms. The average Bonchev–Trinajstić information content (AvgIpc) is 1.99. The standard InChI is InChI=1S/C6H10ClNO2/c1-3-4-8(5-7)6(9)10-2/h3H,1,4-5H2,2H3. The second kappa shape index (κ2) is 5.11. The van der Waals surface area contributed by atoms with Gasteiger partial charge in [-0.25, -0.2) is 4.79 Å². The van der Waals surface area contributed by atoms with Gasteiger partial charge in [0.1, 0.15) is 0 Å². The minimum Gasteiger partial charge on any atom is -0.453 e.